The van der Waals surface area contributed by atoms with E-state index < -0.39 is 0 Å². The Morgan fingerprint density at radius 2 is 1.76 bits per heavy atom. The highest BCUT2D eigenvalue weighted by atomic mass is 16.6. The lowest BCUT2D eigenvalue weighted by molar-refractivity contribution is 0.156. The molecule has 4 aliphatic rings. The molecule has 162 valence electrons. The van der Waals surface area contributed by atoms with Crippen molar-refractivity contribution in [3.63, 3.8) is 0 Å². The van der Waals surface area contributed by atoms with E-state index in [9.17, 15) is 0 Å². The van der Waals surface area contributed by atoms with Crippen molar-refractivity contribution in [2.45, 2.75) is 79.2 Å². The number of ether oxygens (including phenoxy) is 2. The number of hydrogen-bond donors (Lipinski definition) is 0. The lowest BCUT2D eigenvalue weighted by atomic mass is 9.70. The van der Waals surface area contributed by atoms with Gasteiger partial charge >= 0.3 is 0 Å². The van der Waals surface area contributed by atoms with Crippen LogP contribution in [-0.4, -0.2) is 19.3 Å². The second-order valence-electron chi connectivity index (χ2n) is 10.4. The van der Waals surface area contributed by atoms with Crippen LogP contribution in [0.2, 0.25) is 0 Å². The van der Waals surface area contributed by atoms with Crippen LogP contribution in [0.3, 0.4) is 0 Å². The SMILES string of the molecule is C\C=C/C=C(OCC1CO1)\C(=C/C)C1CC2CC1C1CC(C(C)(CC)CC)CC21. The molecule has 1 saturated heterocycles. The normalized spacial score (nSPS) is 39.4. The summed E-state index contributed by atoms with van der Waals surface area (Å²) in [5.41, 5.74) is 2.01. The molecule has 0 aromatic carbocycles. The van der Waals surface area contributed by atoms with E-state index >= 15 is 0 Å². The second-order valence-corrected chi connectivity index (χ2v) is 10.4. The van der Waals surface area contributed by atoms with Crippen molar-refractivity contribution in [1.82, 2.24) is 0 Å². The van der Waals surface area contributed by atoms with Gasteiger partial charge in [-0.25, -0.2) is 0 Å². The molecule has 0 radical (unpaired) electrons. The molecule has 3 aliphatic carbocycles. The monoisotopic (exact) mass is 398 g/mol. The van der Waals surface area contributed by atoms with E-state index in [4.69, 9.17) is 9.47 Å². The van der Waals surface area contributed by atoms with Crippen LogP contribution >= 0.6 is 0 Å². The van der Waals surface area contributed by atoms with Crippen molar-refractivity contribution in [2.75, 3.05) is 13.2 Å². The molecule has 0 spiro atoms. The number of hydrogen-bond acceptors (Lipinski definition) is 2. The quantitative estimate of drug-likeness (QED) is 0.238. The number of allylic oxidation sites excluding steroid dienone is 5. The Morgan fingerprint density at radius 1 is 1.03 bits per heavy atom. The topological polar surface area (TPSA) is 21.8 Å². The molecule has 3 saturated carbocycles. The highest BCUT2D eigenvalue weighted by molar-refractivity contribution is 5.34. The second kappa shape index (κ2) is 8.61. The van der Waals surface area contributed by atoms with Crippen molar-refractivity contribution in [2.24, 2.45) is 40.9 Å². The smallest absolute Gasteiger partial charge is 0.122 e. The van der Waals surface area contributed by atoms with E-state index in [-0.39, 0.29) is 0 Å². The number of epoxide rings is 1. The van der Waals surface area contributed by atoms with Crippen LogP contribution in [-0.2, 0) is 9.47 Å². The minimum Gasteiger partial charge on any atom is -0.491 e. The fourth-order valence-corrected chi connectivity index (χ4v) is 7.12. The van der Waals surface area contributed by atoms with Gasteiger partial charge in [0.25, 0.3) is 0 Å². The first kappa shape index (κ1) is 21.2. The van der Waals surface area contributed by atoms with Crippen molar-refractivity contribution in [3.05, 3.63) is 35.6 Å². The summed E-state index contributed by atoms with van der Waals surface area (Å²) in [7, 11) is 0. The maximum atomic E-state index is 6.28. The van der Waals surface area contributed by atoms with Crippen LogP contribution in [0.1, 0.15) is 73.1 Å². The van der Waals surface area contributed by atoms with Crippen LogP contribution < -0.4 is 0 Å². The van der Waals surface area contributed by atoms with Gasteiger partial charge in [-0.05, 0) is 92.1 Å². The van der Waals surface area contributed by atoms with Crippen LogP contribution in [0.25, 0.3) is 0 Å². The van der Waals surface area contributed by atoms with E-state index in [1.54, 1.807) is 0 Å². The van der Waals surface area contributed by atoms with E-state index in [0.29, 0.717) is 24.0 Å². The Bertz CT molecular complexity index is 664. The van der Waals surface area contributed by atoms with E-state index in [2.05, 4.69) is 58.9 Å². The zero-order chi connectivity index (χ0) is 20.6. The first-order valence-corrected chi connectivity index (χ1v) is 12.3. The van der Waals surface area contributed by atoms with Gasteiger partial charge in [0.05, 0.1) is 6.61 Å². The Kier molecular flexibility index (Phi) is 6.30. The Hall–Kier alpha value is -1.02. The molecule has 7 unspecified atom stereocenters. The highest BCUT2D eigenvalue weighted by Crippen LogP contribution is 2.66. The summed E-state index contributed by atoms with van der Waals surface area (Å²) in [6.45, 7) is 13.2. The van der Waals surface area contributed by atoms with Crippen LogP contribution in [0.5, 0.6) is 0 Å². The van der Waals surface area contributed by atoms with Gasteiger partial charge in [-0.1, -0.05) is 51.8 Å². The summed E-state index contributed by atoms with van der Waals surface area (Å²) >= 11 is 0. The fourth-order valence-electron chi connectivity index (χ4n) is 7.12. The molecule has 4 rings (SSSR count). The minimum atomic E-state index is 0.308. The van der Waals surface area contributed by atoms with Crippen LogP contribution in [0.15, 0.2) is 35.6 Å². The molecule has 1 heterocycles. The Morgan fingerprint density at radius 3 is 2.38 bits per heavy atom. The molecular weight excluding hydrogens is 356 g/mol. The fraction of sp³-hybridized carbons (Fsp3) is 0.778. The molecule has 4 fully saturated rings. The lowest BCUT2D eigenvalue weighted by Gasteiger charge is -2.35. The molecule has 2 bridgehead atoms. The number of fused-ring (bicyclic) bond motifs is 5. The molecule has 1 aliphatic heterocycles. The first-order chi connectivity index (χ1) is 14.0. The molecule has 29 heavy (non-hydrogen) atoms. The van der Waals surface area contributed by atoms with Crippen molar-refractivity contribution in [3.8, 4) is 0 Å². The van der Waals surface area contributed by atoms with E-state index in [1.165, 1.54) is 44.1 Å². The molecule has 2 nitrogen and oxygen atoms in total. The Balaban J connectivity index is 1.50. The predicted octanol–water partition coefficient (Wildman–Crippen LogP) is 6.93. The van der Waals surface area contributed by atoms with Gasteiger partial charge in [-0.15, -0.1) is 0 Å². The predicted molar refractivity (Wildman–Crippen MR) is 120 cm³/mol. The lowest BCUT2D eigenvalue weighted by Crippen LogP contribution is -2.27. The van der Waals surface area contributed by atoms with Gasteiger partial charge in [-0.3, -0.25) is 0 Å². The van der Waals surface area contributed by atoms with Crippen molar-refractivity contribution < 1.29 is 9.47 Å². The van der Waals surface area contributed by atoms with Gasteiger partial charge in [0.15, 0.2) is 0 Å². The highest BCUT2D eigenvalue weighted by Gasteiger charge is 2.58. The molecule has 0 N–H and O–H groups in total. The maximum Gasteiger partial charge on any atom is 0.122 e. The summed E-state index contributed by atoms with van der Waals surface area (Å²) < 4.78 is 11.7. The number of rotatable bonds is 9. The maximum absolute atomic E-state index is 6.28. The zero-order valence-corrected chi connectivity index (χ0v) is 19.3. The van der Waals surface area contributed by atoms with Crippen molar-refractivity contribution in [1.29, 1.82) is 0 Å². The molecule has 7 atom stereocenters. The van der Waals surface area contributed by atoms with E-state index in [0.717, 1.165) is 42.0 Å². The van der Waals surface area contributed by atoms with E-state index in [1.807, 2.05) is 0 Å². The van der Waals surface area contributed by atoms with Crippen LogP contribution in [0, 0.1) is 40.9 Å². The average Bonchev–Trinajstić information content (AvgIpc) is 3.15. The van der Waals surface area contributed by atoms with Crippen LogP contribution in [0.4, 0.5) is 0 Å². The van der Waals surface area contributed by atoms with Gasteiger partial charge in [0.2, 0.25) is 0 Å². The third-order valence-corrected chi connectivity index (χ3v) is 9.33. The third kappa shape index (κ3) is 3.99. The zero-order valence-electron chi connectivity index (χ0n) is 19.3. The van der Waals surface area contributed by atoms with Gasteiger partial charge in [0, 0.05) is 0 Å². The largest absolute Gasteiger partial charge is 0.491 e. The van der Waals surface area contributed by atoms with Gasteiger partial charge in [-0.2, -0.15) is 0 Å². The standard InChI is InChI=1S/C27H42O2/c1-6-10-11-26(29-17-20-16-28-20)21(7-2)23-12-18-13-24(23)25-15-19(14-22(18)25)27(5,8-3)9-4/h6-7,10-11,18-20,22-25H,8-9,12-17H2,1-5H3/b10-6-,21-7-,26-11+. The van der Waals surface area contributed by atoms with Gasteiger partial charge in [0.1, 0.15) is 18.5 Å². The summed E-state index contributed by atoms with van der Waals surface area (Å²) in [4.78, 5) is 0. The molecule has 0 amide bonds. The summed E-state index contributed by atoms with van der Waals surface area (Å²) in [5, 5.41) is 0. The molecule has 2 heteroatoms. The average molecular weight is 399 g/mol. The molecule has 0 aromatic heterocycles. The van der Waals surface area contributed by atoms with Crippen molar-refractivity contribution >= 4 is 0 Å². The third-order valence-electron chi connectivity index (χ3n) is 9.33. The van der Waals surface area contributed by atoms with Gasteiger partial charge < -0.3 is 9.47 Å². The molecular formula is C27H42O2. The Labute approximate surface area is 178 Å². The minimum absolute atomic E-state index is 0.308. The summed E-state index contributed by atoms with van der Waals surface area (Å²) in [6.07, 6.45) is 17.5. The summed E-state index contributed by atoms with van der Waals surface area (Å²) in [5.74, 6) is 6.49. The first-order valence-electron chi connectivity index (χ1n) is 12.3. The molecule has 0 aromatic rings. The summed E-state index contributed by atoms with van der Waals surface area (Å²) in [6, 6.07) is 0.